The number of furan rings is 1. The molecule has 0 aliphatic carbocycles. The van der Waals surface area contributed by atoms with Gasteiger partial charge in [-0.1, -0.05) is 30.3 Å². The standard InChI is InChI=1S/C25H21N3O4S/c1-15-9-10-16(2)19(12-15)26-21(29)14-27-22-18-7-3-4-8-20(18)33-23(22)24(30)28(25(27)31)13-17-6-5-11-32-17/h3-12H,13-14H2,1-2H3,(H,26,29). The van der Waals surface area contributed by atoms with Gasteiger partial charge < -0.3 is 9.73 Å². The zero-order chi connectivity index (χ0) is 23.1. The van der Waals surface area contributed by atoms with Gasteiger partial charge in [0.25, 0.3) is 5.56 Å². The number of hydrogen-bond acceptors (Lipinski definition) is 5. The van der Waals surface area contributed by atoms with E-state index in [1.807, 2.05) is 56.3 Å². The molecule has 1 N–H and O–H groups in total. The van der Waals surface area contributed by atoms with Crippen molar-refractivity contribution in [1.82, 2.24) is 9.13 Å². The lowest BCUT2D eigenvalue weighted by Gasteiger charge is -2.13. The second-order valence-electron chi connectivity index (χ2n) is 7.98. The Kier molecular flexibility index (Phi) is 5.22. The van der Waals surface area contributed by atoms with E-state index in [4.69, 9.17) is 4.42 Å². The van der Waals surface area contributed by atoms with Gasteiger partial charge in [-0.2, -0.15) is 0 Å². The highest BCUT2D eigenvalue weighted by atomic mass is 32.1. The Labute approximate surface area is 192 Å². The molecule has 0 aliphatic heterocycles. The third kappa shape index (κ3) is 3.78. The van der Waals surface area contributed by atoms with E-state index in [1.54, 1.807) is 12.1 Å². The van der Waals surface area contributed by atoms with Gasteiger partial charge in [0.05, 0.1) is 18.3 Å². The van der Waals surface area contributed by atoms with E-state index in [1.165, 1.54) is 22.2 Å². The molecule has 0 spiro atoms. The molecule has 0 aliphatic rings. The average Bonchev–Trinajstić information content (AvgIpc) is 3.44. The molecule has 3 aromatic heterocycles. The fourth-order valence-electron chi connectivity index (χ4n) is 3.94. The third-order valence-corrected chi connectivity index (χ3v) is 6.75. The van der Waals surface area contributed by atoms with Gasteiger partial charge in [0.2, 0.25) is 5.91 Å². The summed E-state index contributed by atoms with van der Waals surface area (Å²) in [6, 6.07) is 16.7. The highest BCUT2D eigenvalue weighted by molar-refractivity contribution is 7.25. The molecule has 0 bridgehead atoms. The van der Waals surface area contributed by atoms with Crippen molar-refractivity contribution in [3.05, 3.63) is 98.6 Å². The monoisotopic (exact) mass is 459 g/mol. The molecule has 0 saturated heterocycles. The molecule has 7 nitrogen and oxygen atoms in total. The van der Waals surface area contributed by atoms with Crippen LogP contribution in [0.3, 0.4) is 0 Å². The first-order valence-electron chi connectivity index (χ1n) is 10.5. The number of aryl methyl sites for hydroxylation is 2. The number of nitrogens with one attached hydrogen (secondary N) is 1. The van der Waals surface area contributed by atoms with E-state index in [2.05, 4.69) is 5.32 Å². The molecule has 5 rings (SSSR count). The lowest BCUT2D eigenvalue weighted by atomic mass is 10.1. The molecule has 0 atom stereocenters. The quantitative estimate of drug-likeness (QED) is 0.425. The van der Waals surface area contributed by atoms with Crippen LogP contribution in [0.15, 0.2) is 74.9 Å². The smallest absolute Gasteiger partial charge is 0.332 e. The number of anilines is 1. The van der Waals surface area contributed by atoms with Crippen LogP contribution in [0.2, 0.25) is 0 Å². The topological polar surface area (TPSA) is 86.2 Å². The summed E-state index contributed by atoms with van der Waals surface area (Å²) in [6.45, 7) is 3.63. The van der Waals surface area contributed by atoms with Crippen LogP contribution < -0.4 is 16.6 Å². The summed E-state index contributed by atoms with van der Waals surface area (Å²) in [5.41, 5.74) is 2.18. The summed E-state index contributed by atoms with van der Waals surface area (Å²) in [5, 5.41) is 3.68. The molecule has 8 heteroatoms. The summed E-state index contributed by atoms with van der Waals surface area (Å²) in [6.07, 6.45) is 1.49. The Bertz CT molecular complexity index is 1620. The zero-order valence-electron chi connectivity index (χ0n) is 18.1. The van der Waals surface area contributed by atoms with Crippen molar-refractivity contribution in [2.45, 2.75) is 26.9 Å². The highest BCUT2D eigenvalue weighted by Crippen LogP contribution is 2.31. The van der Waals surface area contributed by atoms with E-state index in [9.17, 15) is 14.4 Å². The van der Waals surface area contributed by atoms with Crippen LogP contribution in [0, 0.1) is 13.8 Å². The van der Waals surface area contributed by atoms with Crippen LogP contribution in [0.4, 0.5) is 5.69 Å². The van der Waals surface area contributed by atoms with Gasteiger partial charge in [0.1, 0.15) is 17.0 Å². The first-order chi connectivity index (χ1) is 15.9. The maximum absolute atomic E-state index is 13.5. The zero-order valence-corrected chi connectivity index (χ0v) is 18.9. The number of thiophene rings is 1. The minimum Gasteiger partial charge on any atom is -0.467 e. The maximum atomic E-state index is 13.5. The first kappa shape index (κ1) is 21.0. The Morgan fingerprint density at radius 1 is 1.03 bits per heavy atom. The van der Waals surface area contributed by atoms with Crippen molar-refractivity contribution in [1.29, 1.82) is 0 Å². The molecular formula is C25H21N3O4S. The Balaban J connectivity index is 1.66. The van der Waals surface area contributed by atoms with Crippen molar-refractivity contribution < 1.29 is 9.21 Å². The molecule has 3 heterocycles. The van der Waals surface area contributed by atoms with Crippen molar-refractivity contribution in [3.8, 4) is 0 Å². The molecule has 166 valence electrons. The first-order valence-corrected chi connectivity index (χ1v) is 11.3. The van der Waals surface area contributed by atoms with Gasteiger partial charge >= 0.3 is 5.69 Å². The predicted molar refractivity (Wildman–Crippen MR) is 130 cm³/mol. The molecule has 1 amide bonds. The molecule has 33 heavy (non-hydrogen) atoms. The highest BCUT2D eigenvalue weighted by Gasteiger charge is 2.20. The average molecular weight is 460 g/mol. The molecule has 5 aromatic rings. The van der Waals surface area contributed by atoms with E-state index in [-0.39, 0.29) is 19.0 Å². The van der Waals surface area contributed by atoms with Crippen molar-refractivity contribution >= 4 is 43.2 Å². The normalized spacial score (nSPS) is 11.3. The second kappa shape index (κ2) is 8.22. The second-order valence-corrected chi connectivity index (χ2v) is 9.03. The minimum absolute atomic E-state index is 0.00649. The fraction of sp³-hybridized carbons (Fsp3) is 0.160. The minimum atomic E-state index is -0.552. The number of amides is 1. The molecule has 0 saturated carbocycles. The van der Waals surface area contributed by atoms with Gasteiger partial charge in [-0.25, -0.2) is 4.79 Å². The Morgan fingerprint density at radius 2 is 1.85 bits per heavy atom. The van der Waals surface area contributed by atoms with Gasteiger partial charge in [0, 0.05) is 15.8 Å². The van der Waals surface area contributed by atoms with E-state index >= 15 is 0 Å². The van der Waals surface area contributed by atoms with Crippen LogP contribution in [-0.2, 0) is 17.9 Å². The van der Waals surface area contributed by atoms with Crippen molar-refractivity contribution in [2.24, 2.45) is 0 Å². The van der Waals surface area contributed by atoms with E-state index in [0.717, 1.165) is 25.8 Å². The summed E-state index contributed by atoms with van der Waals surface area (Å²) in [7, 11) is 0. The number of nitrogens with zero attached hydrogens (tertiary/aromatic N) is 2. The number of hydrogen-bond donors (Lipinski definition) is 1. The van der Waals surface area contributed by atoms with Crippen LogP contribution in [-0.4, -0.2) is 15.0 Å². The lowest BCUT2D eigenvalue weighted by molar-refractivity contribution is -0.116. The van der Waals surface area contributed by atoms with E-state index in [0.29, 0.717) is 21.7 Å². The maximum Gasteiger partial charge on any atom is 0.332 e. The third-order valence-electron chi connectivity index (χ3n) is 5.60. The van der Waals surface area contributed by atoms with Gasteiger partial charge in [-0.15, -0.1) is 11.3 Å². The van der Waals surface area contributed by atoms with Crippen LogP contribution in [0.5, 0.6) is 0 Å². The summed E-state index contributed by atoms with van der Waals surface area (Å²) in [5.74, 6) is 0.145. The number of carbonyl (C=O) groups excluding carboxylic acids is 1. The largest absolute Gasteiger partial charge is 0.467 e. The summed E-state index contributed by atoms with van der Waals surface area (Å²) < 4.78 is 9.18. The Morgan fingerprint density at radius 3 is 2.64 bits per heavy atom. The number of aromatic nitrogens is 2. The fourth-order valence-corrected chi connectivity index (χ4v) is 5.10. The van der Waals surface area contributed by atoms with Crippen LogP contribution in [0.1, 0.15) is 16.9 Å². The van der Waals surface area contributed by atoms with Crippen molar-refractivity contribution in [3.63, 3.8) is 0 Å². The lowest BCUT2D eigenvalue weighted by Crippen LogP contribution is -2.41. The number of carbonyl (C=O) groups is 1. The molecular weight excluding hydrogens is 438 g/mol. The molecule has 0 radical (unpaired) electrons. The Hall–Kier alpha value is -3.91. The SMILES string of the molecule is Cc1ccc(C)c(NC(=O)Cn2c(=O)n(Cc3ccco3)c(=O)c3sc4ccccc4c32)c1. The molecule has 2 aromatic carbocycles. The predicted octanol–water partition coefficient (Wildman–Crippen LogP) is 4.27. The summed E-state index contributed by atoms with van der Waals surface area (Å²) >= 11 is 1.32. The number of benzene rings is 2. The van der Waals surface area contributed by atoms with Crippen molar-refractivity contribution in [2.75, 3.05) is 5.32 Å². The van der Waals surface area contributed by atoms with Gasteiger partial charge in [-0.05, 0) is 49.2 Å². The number of fused-ring (bicyclic) bond motifs is 3. The van der Waals surface area contributed by atoms with Crippen LogP contribution in [0.25, 0.3) is 20.3 Å². The van der Waals surface area contributed by atoms with Gasteiger partial charge in [-0.3, -0.25) is 18.7 Å². The van der Waals surface area contributed by atoms with Gasteiger partial charge in [0.15, 0.2) is 0 Å². The summed E-state index contributed by atoms with van der Waals surface area (Å²) in [4.78, 5) is 39.8. The number of rotatable bonds is 5. The van der Waals surface area contributed by atoms with E-state index < -0.39 is 11.2 Å². The molecule has 0 unspecified atom stereocenters. The molecule has 0 fully saturated rings. The van der Waals surface area contributed by atoms with Crippen LogP contribution >= 0.6 is 11.3 Å².